The topological polar surface area (TPSA) is 102 Å². The number of anilines is 1. The molecular formula is C21H15BrF3N5O2S. The average molecular weight is 538 g/mol. The number of hydrogen-bond acceptors (Lipinski definition) is 5. The number of rotatable bonds is 4. The van der Waals surface area contributed by atoms with Crippen molar-refractivity contribution in [2.75, 3.05) is 5.32 Å². The Kier molecular flexibility index (Phi) is 5.74. The molecule has 0 radical (unpaired) electrons. The molecule has 7 nitrogen and oxygen atoms in total. The van der Waals surface area contributed by atoms with E-state index in [-0.39, 0.29) is 32.1 Å². The van der Waals surface area contributed by atoms with Gasteiger partial charge in [-0.1, -0.05) is 30.3 Å². The van der Waals surface area contributed by atoms with Crippen LogP contribution in [-0.4, -0.2) is 26.4 Å². The molecule has 0 bridgehead atoms. The van der Waals surface area contributed by atoms with Gasteiger partial charge in [-0.15, -0.1) is 11.3 Å². The number of nitrogens with two attached hydrogens (primary N) is 1. The summed E-state index contributed by atoms with van der Waals surface area (Å²) >= 11 is 4.31. The van der Waals surface area contributed by atoms with Crippen molar-refractivity contribution < 1.29 is 22.8 Å². The standard InChI is InChI=1S/C21H15BrF3N5O2S/c1-9-10(2)33-20(14(9)17(26)31)28-19(32)16-15(22)18-27-12(11-6-4-3-5-7-11)8-13(21(23,24)25)30(18)29-16/h3-8H,1-2H3,(H2,26,31)(H,28,32). The zero-order chi connectivity index (χ0) is 24.1. The number of benzene rings is 1. The van der Waals surface area contributed by atoms with Gasteiger partial charge in [0.25, 0.3) is 11.8 Å². The summed E-state index contributed by atoms with van der Waals surface area (Å²) in [5.74, 6) is -1.54. The Hall–Kier alpha value is -3.25. The van der Waals surface area contributed by atoms with E-state index in [9.17, 15) is 22.8 Å². The second kappa shape index (κ2) is 8.27. The van der Waals surface area contributed by atoms with Gasteiger partial charge < -0.3 is 11.1 Å². The molecule has 2 amide bonds. The van der Waals surface area contributed by atoms with Crippen LogP contribution in [0.15, 0.2) is 40.9 Å². The second-order valence-corrected chi connectivity index (χ2v) is 9.11. The highest BCUT2D eigenvalue weighted by Gasteiger charge is 2.37. The van der Waals surface area contributed by atoms with E-state index in [2.05, 4.69) is 31.3 Å². The van der Waals surface area contributed by atoms with Crippen LogP contribution in [0.5, 0.6) is 0 Å². The van der Waals surface area contributed by atoms with Crippen LogP contribution in [-0.2, 0) is 6.18 Å². The van der Waals surface area contributed by atoms with Crippen LogP contribution in [0.1, 0.15) is 37.0 Å². The van der Waals surface area contributed by atoms with Gasteiger partial charge in [0.1, 0.15) is 5.00 Å². The number of carbonyl (C=O) groups excluding carboxylic acids is 2. The zero-order valence-corrected chi connectivity index (χ0v) is 19.5. The third-order valence-electron chi connectivity index (χ3n) is 4.97. The number of fused-ring (bicyclic) bond motifs is 1. The fraction of sp³-hybridized carbons (Fsp3) is 0.143. The average Bonchev–Trinajstić information content (AvgIpc) is 3.23. The molecular weight excluding hydrogens is 523 g/mol. The molecule has 170 valence electrons. The normalized spacial score (nSPS) is 11.7. The Morgan fingerprint density at radius 1 is 1.18 bits per heavy atom. The predicted octanol–water partition coefficient (Wildman–Crippen LogP) is 5.21. The number of amides is 2. The monoisotopic (exact) mass is 537 g/mol. The molecule has 0 unspecified atom stereocenters. The van der Waals surface area contributed by atoms with E-state index in [4.69, 9.17) is 5.73 Å². The van der Waals surface area contributed by atoms with Gasteiger partial charge in [0.05, 0.1) is 15.7 Å². The first-order valence-corrected chi connectivity index (χ1v) is 11.0. The summed E-state index contributed by atoms with van der Waals surface area (Å²) in [6.45, 7) is 3.45. The van der Waals surface area contributed by atoms with Crippen LogP contribution < -0.4 is 11.1 Å². The molecule has 0 aliphatic heterocycles. The number of nitrogens with zero attached hydrogens (tertiary/aromatic N) is 3. The summed E-state index contributed by atoms with van der Waals surface area (Å²) < 4.78 is 42.1. The molecule has 0 atom stereocenters. The van der Waals surface area contributed by atoms with E-state index in [1.54, 1.807) is 44.2 Å². The maximum atomic E-state index is 13.8. The predicted molar refractivity (Wildman–Crippen MR) is 121 cm³/mol. The molecule has 33 heavy (non-hydrogen) atoms. The highest BCUT2D eigenvalue weighted by molar-refractivity contribution is 9.10. The summed E-state index contributed by atoms with van der Waals surface area (Å²) in [7, 11) is 0. The van der Waals surface area contributed by atoms with Crippen molar-refractivity contribution in [3.05, 3.63) is 68.3 Å². The number of carbonyl (C=O) groups is 2. The third kappa shape index (κ3) is 4.11. The first kappa shape index (κ1) is 22.9. The van der Waals surface area contributed by atoms with Gasteiger partial charge in [0.15, 0.2) is 17.0 Å². The fourth-order valence-corrected chi connectivity index (χ4v) is 4.85. The van der Waals surface area contributed by atoms with Gasteiger partial charge in [0.2, 0.25) is 0 Å². The fourth-order valence-electron chi connectivity index (χ4n) is 3.27. The van der Waals surface area contributed by atoms with Crippen molar-refractivity contribution in [2.24, 2.45) is 5.73 Å². The lowest BCUT2D eigenvalue weighted by molar-refractivity contribution is -0.142. The minimum atomic E-state index is -4.76. The molecule has 12 heteroatoms. The minimum Gasteiger partial charge on any atom is -0.365 e. The number of aromatic nitrogens is 3. The summed E-state index contributed by atoms with van der Waals surface area (Å²) in [6.07, 6.45) is -4.76. The van der Waals surface area contributed by atoms with Gasteiger partial charge in [-0.05, 0) is 41.4 Å². The molecule has 3 heterocycles. The number of halogens is 4. The largest absolute Gasteiger partial charge is 0.433 e. The highest BCUT2D eigenvalue weighted by atomic mass is 79.9. The van der Waals surface area contributed by atoms with Crippen molar-refractivity contribution >= 4 is 49.7 Å². The van der Waals surface area contributed by atoms with Crippen molar-refractivity contribution in [3.8, 4) is 11.3 Å². The molecule has 3 N–H and O–H groups in total. The van der Waals surface area contributed by atoms with E-state index in [0.29, 0.717) is 15.6 Å². The van der Waals surface area contributed by atoms with Crippen LogP contribution in [0.2, 0.25) is 0 Å². The van der Waals surface area contributed by atoms with Crippen molar-refractivity contribution in [3.63, 3.8) is 0 Å². The first-order chi connectivity index (χ1) is 15.5. The van der Waals surface area contributed by atoms with Crippen molar-refractivity contribution in [1.82, 2.24) is 14.6 Å². The minimum absolute atomic E-state index is 0.0195. The molecule has 0 aliphatic carbocycles. The van der Waals surface area contributed by atoms with Crippen LogP contribution in [0.3, 0.4) is 0 Å². The maximum Gasteiger partial charge on any atom is 0.433 e. The van der Waals surface area contributed by atoms with E-state index >= 15 is 0 Å². The quantitative estimate of drug-likeness (QED) is 0.373. The number of primary amides is 1. The molecule has 0 aliphatic rings. The summed E-state index contributed by atoms with van der Waals surface area (Å²) in [5, 5.41) is 6.61. The van der Waals surface area contributed by atoms with Gasteiger partial charge in [-0.2, -0.15) is 18.3 Å². The Balaban J connectivity index is 1.85. The summed E-state index contributed by atoms with van der Waals surface area (Å²) in [5.41, 5.74) is 5.14. The Morgan fingerprint density at radius 2 is 1.85 bits per heavy atom. The number of thiophene rings is 1. The van der Waals surface area contributed by atoms with Gasteiger partial charge in [-0.3, -0.25) is 9.59 Å². The maximum absolute atomic E-state index is 13.8. The van der Waals surface area contributed by atoms with Crippen LogP contribution >= 0.6 is 27.3 Å². The Labute approximate surface area is 197 Å². The highest BCUT2D eigenvalue weighted by Crippen LogP contribution is 2.36. The van der Waals surface area contributed by atoms with Gasteiger partial charge >= 0.3 is 6.18 Å². The lowest BCUT2D eigenvalue weighted by Crippen LogP contribution is -2.18. The number of alkyl halides is 3. The first-order valence-electron chi connectivity index (χ1n) is 9.42. The van der Waals surface area contributed by atoms with E-state index in [1.165, 1.54) is 0 Å². The number of aryl methyl sites for hydroxylation is 1. The lowest BCUT2D eigenvalue weighted by Gasteiger charge is -2.11. The van der Waals surface area contributed by atoms with Crippen LogP contribution in [0.25, 0.3) is 16.9 Å². The summed E-state index contributed by atoms with van der Waals surface area (Å²) in [6, 6.07) is 9.23. The Morgan fingerprint density at radius 3 is 2.45 bits per heavy atom. The molecule has 0 spiro atoms. The van der Waals surface area contributed by atoms with E-state index in [0.717, 1.165) is 22.3 Å². The van der Waals surface area contributed by atoms with Crippen LogP contribution in [0, 0.1) is 13.8 Å². The Bertz CT molecular complexity index is 1410. The smallest absolute Gasteiger partial charge is 0.365 e. The lowest BCUT2D eigenvalue weighted by atomic mass is 10.1. The molecule has 1 aromatic carbocycles. The SMILES string of the molecule is Cc1sc(NC(=O)c2nn3c(C(F)(F)F)cc(-c4ccccc4)nc3c2Br)c(C(N)=O)c1C. The molecule has 0 fully saturated rings. The molecule has 4 aromatic rings. The molecule has 3 aromatic heterocycles. The van der Waals surface area contributed by atoms with Crippen molar-refractivity contribution in [2.45, 2.75) is 20.0 Å². The third-order valence-corrected chi connectivity index (χ3v) is 6.82. The molecule has 4 rings (SSSR count). The van der Waals surface area contributed by atoms with E-state index < -0.39 is 23.7 Å². The second-order valence-electron chi connectivity index (χ2n) is 7.09. The van der Waals surface area contributed by atoms with Crippen molar-refractivity contribution in [1.29, 1.82) is 0 Å². The molecule has 0 saturated carbocycles. The zero-order valence-electron chi connectivity index (χ0n) is 17.1. The number of nitrogens with one attached hydrogen (secondary N) is 1. The van der Waals surface area contributed by atoms with Gasteiger partial charge in [0, 0.05) is 10.4 Å². The molecule has 0 saturated heterocycles. The number of hydrogen-bond donors (Lipinski definition) is 2. The summed E-state index contributed by atoms with van der Waals surface area (Å²) in [4.78, 5) is 29.8. The van der Waals surface area contributed by atoms with E-state index in [1.807, 2.05) is 0 Å². The van der Waals surface area contributed by atoms with Gasteiger partial charge in [-0.25, -0.2) is 9.50 Å². The van der Waals surface area contributed by atoms with Crippen LogP contribution in [0.4, 0.5) is 18.2 Å².